The van der Waals surface area contributed by atoms with Crippen molar-refractivity contribution in [2.75, 3.05) is 0 Å². The van der Waals surface area contributed by atoms with E-state index in [2.05, 4.69) is 267 Å². The van der Waals surface area contributed by atoms with Gasteiger partial charge in [0.15, 0.2) is 0 Å². The molecule has 0 amide bonds. The Bertz CT molecular complexity index is 3060. The molecule has 292 valence electrons. The van der Waals surface area contributed by atoms with Crippen molar-refractivity contribution in [2.45, 2.75) is 0 Å². The minimum atomic E-state index is 1.16. The number of fused-ring (bicyclic) bond motifs is 3. The topological polar surface area (TPSA) is 0 Å². The van der Waals surface area contributed by atoms with Gasteiger partial charge < -0.3 is 0 Å². The highest BCUT2D eigenvalue weighted by molar-refractivity contribution is 6.04. The highest BCUT2D eigenvalue weighted by atomic mass is 14.2. The van der Waals surface area contributed by atoms with Crippen LogP contribution in [0.25, 0.3) is 79.9 Å². The molecule has 10 aromatic carbocycles. The van der Waals surface area contributed by atoms with Gasteiger partial charge in [0.25, 0.3) is 0 Å². The summed E-state index contributed by atoms with van der Waals surface area (Å²) in [7, 11) is 0. The molecule has 0 atom stereocenters. The molecule has 0 saturated heterocycles. The third-order valence-corrected chi connectivity index (χ3v) is 11.7. The average molecular weight is 789 g/mol. The van der Waals surface area contributed by atoms with E-state index in [4.69, 9.17) is 0 Å². The minimum absolute atomic E-state index is 1.16. The third-order valence-electron chi connectivity index (χ3n) is 11.7. The first kappa shape index (κ1) is 38.2. The van der Waals surface area contributed by atoms with Gasteiger partial charge in [-0.3, -0.25) is 0 Å². The summed E-state index contributed by atoms with van der Waals surface area (Å²) in [5.41, 5.74) is 14.3. The van der Waals surface area contributed by atoms with Gasteiger partial charge in [-0.25, -0.2) is 0 Å². The Labute approximate surface area is 364 Å². The smallest absolute Gasteiger partial charge is 0.00389 e. The van der Waals surface area contributed by atoms with Gasteiger partial charge in [0.2, 0.25) is 0 Å². The molecular weight excluding hydrogens is 745 g/mol. The van der Waals surface area contributed by atoms with E-state index >= 15 is 0 Å². The summed E-state index contributed by atoms with van der Waals surface area (Å²) in [6, 6.07) is 82.7. The molecular formula is C62H44. The highest BCUT2D eigenvalue weighted by Crippen LogP contribution is 2.34. The lowest BCUT2D eigenvalue weighted by Crippen LogP contribution is -1.90. The predicted octanol–water partition coefficient (Wildman–Crippen LogP) is 16.7. The van der Waals surface area contributed by atoms with E-state index < -0.39 is 0 Å². The minimum Gasteiger partial charge on any atom is -0.0622 e. The number of hydrogen-bond acceptors (Lipinski definition) is 0. The fraction of sp³-hybridized carbons (Fsp3) is 0. The molecule has 0 heteroatoms. The second kappa shape index (κ2) is 17.7. The maximum atomic E-state index is 2.31. The molecule has 0 aliphatic carbocycles. The summed E-state index contributed by atoms with van der Waals surface area (Å²) < 4.78 is 0. The first-order valence-corrected chi connectivity index (χ1v) is 21.3. The zero-order valence-electron chi connectivity index (χ0n) is 34.4. The van der Waals surface area contributed by atoms with Crippen molar-refractivity contribution in [3.63, 3.8) is 0 Å². The molecule has 0 fully saturated rings. The first-order chi connectivity index (χ1) is 30.7. The van der Waals surface area contributed by atoms with E-state index in [1.807, 2.05) is 0 Å². The molecule has 0 aromatic heterocycles. The standard InChI is InChI=1S/C62H44/c1-3-15-51(16-4-1)60(58-29-13-21-49-19-7-9-27-56(49)58)43-47-35-31-45(32-36-47)39-41-54-25-11-23-53-24-12-26-55(62(53)54)42-40-46-33-37-48(38-34-46)44-61(52-17-5-2-6-18-52)59-30-14-22-50-20-8-10-28-57(50)59/h1-44H. The summed E-state index contributed by atoms with van der Waals surface area (Å²) in [5.74, 6) is 0. The summed E-state index contributed by atoms with van der Waals surface area (Å²) in [4.78, 5) is 0. The van der Waals surface area contributed by atoms with Crippen LogP contribution in [0.2, 0.25) is 0 Å². The van der Waals surface area contributed by atoms with Gasteiger partial charge in [-0.1, -0.05) is 255 Å². The van der Waals surface area contributed by atoms with Gasteiger partial charge >= 0.3 is 0 Å². The quantitative estimate of drug-likeness (QED) is 0.121. The third kappa shape index (κ3) is 8.23. The molecule has 0 bridgehead atoms. The Kier molecular flexibility index (Phi) is 10.9. The van der Waals surface area contributed by atoms with E-state index in [1.54, 1.807) is 0 Å². The normalized spacial score (nSPS) is 12.3. The lowest BCUT2D eigenvalue weighted by molar-refractivity contribution is 1.57. The van der Waals surface area contributed by atoms with Crippen LogP contribution < -0.4 is 0 Å². The Morgan fingerprint density at radius 2 is 0.613 bits per heavy atom. The van der Waals surface area contributed by atoms with Crippen LogP contribution >= 0.6 is 0 Å². The molecule has 0 heterocycles. The largest absolute Gasteiger partial charge is 0.0622 e. The fourth-order valence-corrected chi connectivity index (χ4v) is 8.58. The molecule has 0 N–H and O–H groups in total. The van der Waals surface area contributed by atoms with Crippen LogP contribution in [0.1, 0.15) is 55.6 Å². The molecule has 0 unspecified atom stereocenters. The molecule has 0 nitrogen and oxygen atoms in total. The zero-order chi connectivity index (χ0) is 41.5. The van der Waals surface area contributed by atoms with Crippen molar-refractivity contribution in [1.29, 1.82) is 0 Å². The van der Waals surface area contributed by atoms with Crippen LogP contribution in [-0.2, 0) is 0 Å². The van der Waals surface area contributed by atoms with Crippen molar-refractivity contribution in [2.24, 2.45) is 0 Å². The highest BCUT2D eigenvalue weighted by Gasteiger charge is 2.11. The molecule has 0 aliphatic rings. The molecule has 10 rings (SSSR count). The Morgan fingerprint density at radius 1 is 0.258 bits per heavy atom. The van der Waals surface area contributed by atoms with Crippen LogP contribution in [0.4, 0.5) is 0 Å². The van der Waals surface area contributed by atoms with Crippen molar-refractivity contribution < 1.29 is 0 Å². The van der Waals surface area contributed by atoms with Crippen molar-refractivity contribution >= 4 is 79.9 Å². The monoisotopic (exact) mass is 788 g/mol. The van der Waals surface area contributed by atoms with Gasteiger partial charge in [-0.2, -0.15) is 0 Å². The fourth-order valence-electron chi connectivity index (χ4n) is 8.58. The molecule has 0 saturated carbocycles. The van der Waals surface area contributed by atoms with Gasteiger partial charge in [0.05, 0.1) is 0 Å². The second-order valence-electron chi connectivity index (χ2n) is 15.7. The van der Waals surface area contributed by atoms with Crippen LogP contribution in [-0.4, -0.2) is 0 Å². The van der Waals surface area contributed by atoms with Gasteiger partial charge in [0, 0.05) is 0 Å². The number of benzene rings is 10. The second-order valence-corrected chi connectivity index (χ2v) is 15.7. The van der Waals surface area contributed by atoms with E-state index in [0.29, 0.717) is 0 Å². The van der Waals surface area contributed by atoms with E-state index in [1.165, 1.54) is 76.8 Å². The van der Waals surface area contributed by atoms with Crippen LogP contribution in [0, 0.1) is 0 Å². The lowest BCUT2D eigenvalue weighted by Gasteiger charge is -2.12. The summed E-state index contributed by atoms with van der Waals surface area (Å²) in [6.07, 6.45) is 13.6. The molecule has 0 aliphatic heterocycles. The molecule has 0 spiro atoms. The summed E-state index contributed by atoms with van der Waals surface area (Å²) in [6.45, 7) is 0. The Balaban J connectivity index is 0.917. The number of rotatable bonds is 10. The van der Waals surface area contributed by atoms with E-state index in [-0.39, 0.29) is 0 Å². The Hall–Kier alpha value is -8.06. The lowest BCUT2D eigenvalue weighted by atomic mass is 9.91. The average Bonchev–Trinajstić information content (AvgIpc) is 3.34. The summed E-state index contributed by atoms with van der Waals surface area (Å²) in [5, 5.41) is 7.46. The SMILES string of the molecule is C(=Cc1cccc2cccc(C=Cc3ccc(C=C(c4ccccc4)c4cccc5ccccc45)cc3)c12)c1ccc(C=C(c2ccccc2)c2cccc3ccccc23)cc1. The van der Waals surface area contributed by atoms with Crippen LogP contribution in [0.5, 0.6) is 0 Å². The van der Waals surface area contributed by atoms with Gasteiger partial charge in [-0.15, -0.1) is 0 Å². The number of hydrogen-bond donors (Lipinski definition) is 0. The zero-order valence-corrected chi connectivity index (χ0v) is 34.4. The van der Waals surface area contributed by atoms with E-state index in [9.17, 15) is 0 Å². The predicted molar refractivity (Wildman–Crippen MR) is 269 cm³/mol. The molecule has 0 radical (unpaired) electrons. The Morgan fingerprint density at radius 3 is 1.06 bits per heavy atom. The van der Waals surface area contributed by atoms with E-state index in [0.717, 1.165) is 22.3 Å². The van der Waals surface area contributed by atoms with Gasteiger partial charge in [-0.05, 0) is 111 Å². The van der Waals surface area contributed by atoms with Crippen molar-refractivity contribution in [3.8, 4) is 0 Å². The molecule has 10 aromatic rings. The van der Waals surface area contributed by atoms with Crippen molar-refractivity contribution in [1.82, 2.24) is 0 Å². The van der Waals surface area contributed by atoms with Gasteiger partial charge in [0.1, 0.15) is 0 Å². The molecule has 62 heavy (non-hydrogen) atoms. The summed E-state index contributed by atoms with van der Waals surface area (Å²) >= 11 is 0. The van der Waals surface area contributed by atoms with Crippen molar-refractivity contribution in [3.05, 3.63) is 286 Å². The maximum Gasteiger partial charge on any atom is -0.00389 e. The first-order valence-electron chi connectivity index (χ1n) is 21.3. The van der Waals surface area contributed by atoms with Crippen LogP contribution in [0.15, 0.2) is 231 Å². The van der Waals surface area contributed by atoms with Crippen LogP contribution in [0.3, 0.4) is 0 Å². The maximum absolute atomic E-state index is 2.31.